The van der Waals surface area contributed by atoms with E-state index >= 15 is 0 Å². The summed E-state index contributed by atoms with van der Waals surface area (Å²) in [6.45, 7) is 1.98. The molecule has 0 spiro atoms. The number of aryl methyl sites for hydroxylation is 1. The lowest BCUT2D eigenvalue weighted by Gasteiger charge is -2.33. The van der Waals surface area contributed by atoms with Gasteiger partial charge in [-0.25, -0.2) is 9.07 Å². The van der Waals surface area contributed by atoms with Crippen molar-refractivity contribution in [2.24, 2.45) is 0 Å². The zero-order chi connectivity index (χ0) is 19.7. The molecule has 0 saturated heterocycles. The molecular formula is C19H17ClFN5OS. The molecule has 2 N–H and O–H groups in total. The Morgan fingerprint density at radius 2 is 1.93 bits per heavy atom. The molecule has 1 amide bonds. The lowest BCUT2D eigenvalue weighted by atomic mass is 10.0. The highest BCUT2D eigenvalue weighted by Gasteiger charge is 2.37. The van der Waals surface area contributed by atoms with Gasteiger partial charge in [-0.1, -0.05) is 42.4 Å². The number of benzene rings is 2. The summed E-state index contributed by atoms with van der Waals surface area (Å²) in [4.78, 5) is 13.1. The third kappa shape index (κ3) is 3.70. The van der Waals surface area contributed by atoms with Gasteiger partial charge in [-0.3, -0.25) is 4.79 Å². The van der Waals surface area contributed by atoms with Crippen molar-refractivity contribution in [1.29, 1.82) is 0 Å². The zero-order valence-corrected chi connectivity index (χ0v) is 16.5. The minimum Gasteiger partial charge on any atom is -0.325 e. The number of aromatic nitrogens is 3. The van der Waals surface area contributed by atoms with Crippen LogP contribution in [-0.4, -0.2) is 26.0 Å². The lowest BCUT2D eigenvalue weighted by molar-refractivity contribution is -0.116. The third-order valence-corrected chi connectivity index (χ3v) is 5.89. The molecule has 2 heterocycles. The van der Waals surface area contributed by atoms with Crippen LogP contribution in [0.3, 0.4) is 0 Å². The van der Waals surface area contributed by atoms with Gasteiger partial charge in [-0.15, -0.1) is 10.2 Å². The highest BCUT2D eigenvalue weighted by molar-refractivity contribution is 8.00. The fourth-order valence-electron chi connectivity index (χ4n) is 2.99. The molecule has 9 heteroatoms. The Morgan fingerprint density at radius 1 is 1.21 bits per heavy atom. The van der Waals surface area contributed by atoms with E-state index in [0.29, 0.717) is 22.3 Å². The van der Waals surface area contributed by atoms with Crippen molar-refractivity contribution in [2.75, 3.05) is 10.7 Å². The number of hydrogen-bond donors (Lipinski definition) is 2. The van der Waals surface area contributed by atoms with Gasteiger partial charge >= 0.3 is 0 Å². The van der Waals surface area contributed by atoms with Gasteiger partial charge in [-0.2, -0.15) is 0 Å². The van der Waals surface area contributed by atoms with Crippen LogP contribution in [0.2, 0.25) is 5.02 Å². The number of carbonyl (C=O) groups excluding carboxylic acids is 1. The van der Waals surface area contributed by atoms with E-state index in [-0.39, 0.29) is 17.8 Å². The number of halogens is 2. The monoisotopic (exact) mass is 417 g/mol. The van der Waals surface area contributed by atoms with Crippen LogP contribution in [0.4, 0.5) is 10.1 Å². The highest BCUT2D eigenvalue weighted by Crippen LogP contribution is 2.37. The maximum atomic E-state index is 13.4. The second-order valence-corrected chi connectivity index (χ2v) is 7.83. The van der Waals surface area contributed by atoms with E-state index in [4.69, 9.17) is 11.6 Å². The number of carbonyl (C=O) groups is 1. The van der Waals surface area contributed by atoms with Crippen LogP contribution in [0, 0.1) is 5.82 Å². The highest BCUT2D eigenvalue weighted by atomic mass is 35.5. The topological polar surface area (TPSA) is 71.8 Å². The first-order valence-electron chi connectivity index (χ1n) is 8.74. The molecule has 144 valence electrons. The SMILES string of the molecule is CCc1nnc2n1N[C@@H](c1ccc(F)cc1)[C@@H](C(=O)Nc1ccc(Cl)cc1)S2. The van der Waals surface area contributed by atoms with Crippen molar-refractivity contribution in [2.45, 2.75) is 29.8 Å². The molecule has 0 bridgehead atoms. The summed E-state index contributed by atoms with van der Waals surface area (Å²) in [7, 11) is 0. The van der Waals surface area contributed by atoms with Gasteiger partial charge in [0, 0.05) is 17.1 Å². The summed E-state index contributed by atoms with van der Waals surface area (Å²) >= 11 is 7.24. The minimum atomic E-state index is -0.525. The van der Waals surface area contributed by atoms with Crippen molar-refractivity contribution in [3.8, 4) is 0 Å². The summed E-state index contributed by atoms with van der Waals surface area (Å²) < 4.78 is 15.2. The van der Waals surface area contributed by atoms with E-state index in [1.54, 1.807) is 41.1 Å². The molecule has 4 rings (SSSR count). The van der Waals surface area contributed by atoms with Gasteiger partial charge in [0.15, 0.2) is 5.82 Å². The summed E-state index contributed by atoms with van der Waals surface area (Å²) in [5.41, 5.74) is 4.77. The van der Waals surface area contributed by atoms with E-state index in [1.807, 2.05) is 6.92 Å². The largest absolute Gasteiger partial charge is 0.325 e. The summed E-state index contributed by atoms with van der Waals surface area (Å²) in [5, 5.41) is 11.9. The number of thioether (sulfide) groups is 1. The fraction of sp³-hybridized carbons (Fsp3) is 0.211. The van der Waals surface area contributed by atoms with Crippen molar-refractivity contribution in [1.82, 2.24) is 14.9 Å². The van der Waals surface area contributed by atoms with Crippen molar-refractivity contribution >= 4 is 35.0 Å². The van der Waals surface area contributed by atoms with Gasteiger partial charge in [0.05, 0.1) is 6.04 Å². The molecule has 2 aromatic carbocycles. The number of amides is 1. The van der Waals surface area contributed by atoms with Crippen LogP contribution in [0.15, 0.2) is 53.7 Å². The molecular weight excluding hydrogens is 401 g/mol. The molecule has 0 aliphatic carbocycles. The summed E-state index contributed by atoms with van der Waals surface area (Å²) in [6, 6.07) is 12.7. The molecule has 1 aliphatic heterocycles. The third-order valence-electron chi connectivity index (χ3n) is 4.42. The van der Waals surface area contributed by atoms with Gasteiger partial charge in [0.25, 0.3) is 0 Å². The Balaban J connectivity index is 1.66. The van der Waals surface area contributed by atoms with Crippen molar-refractivity contribution in [3.63, 3.8) is 0 Å². The summed E-state index contributed by atoms with van der Waals surface area (Å²) in [5.74, 6) is 0.251. The predicted molar refractivity (Wildman–Crippen MR) is 108 cm³/mol. The zero-order valence-electron chi connectivity index (χ0n) is 14.9. The van der Waals surface area contributed by atoms with E-state index < -0.39 is 5.25 Å². The molecule has 1 aliphatic rings. The van der Waals surface area contributed by atoms with Crippen LogP contribution < -0.4 is 10.7 Å². The van der Waals surface area contributed by atoms with Crippen molar-refractivity contribution in [3.05, 3.63) is 70.8 Å². The summed E-state index contributed by atoms with van der Waals surface area (Å²) in [6.07, 6.45) is 0.693. The molecule has 28 heavy (non-hydrogen) atoms. The van der Waals surface area contributed by atoms with Crippen LogP contribution in [-0.2, 0) is 11.2 Å². The molecule has 0 fully saturated rings. The Bertz CT molecular complexity index is 993. The first kappa shape index (κ1) is 18.8. The van der Waals surface area contributed by atoms with Gasteiger partial charge < -0.3 is 10.7 Å². The number of fused-ring (bicyclic) bond motifs is 1. The van der Waals surface area contributed by atoms with E-state index in [2.05, 4.69) is 20.9 Å². The first-order chi connectivity index (χ1) is 13.5. The normalized spacial score (nSPS) is 18.2. The molecule has 0 radical (unpaired) electrons. The smallest absolute Gasteiger partial charge is 0.240 e. The van der Waals surface area contributed by atoms with Gasteiger partial charge in [0.2, 0.25) is 11.1 Å². The molecule has 0 unspecified atom stereocenters. The molecule has 0 saturated carbocycles. The number of hydrogen-bond acceptors (Lipinski definition) is 5. The number of rotatable bonds is 4. The van der Waals surface area contributed by atoms with Crippen LogP contribution in [0.25, 0.3) is 0 Å². The molecule has 2 atom stereocenters. The Morgan fingerprint density at radius 3 is 2.61 bits per heavy atom. The van der Waals surface area contributed by atoms with Crippen LogP contribution in [0.5, 0.6) is 0 Å². The Hall–Kier alpha value is -2.58. The maximum absolute atomic E-state index is 13.4. The van der Waals surface area contributed by atoms with Crippen LogP contribution in [0.1, 0.15) is 24.4 Å². The maximum Gasteiger partial charge on any atom is 0.240 e. The second-order valence-electron chi connectivity index (χ2n) is 6.28. The number of anilines is 1. The minimum absolute atomic E-state index is 0.193. The Kier molecular flexibility index (Phi) is 5.23. The van der Waals surface area contributed by atoms with Crippen LogP contribution >= 0.6 is 23.4 Å². The standard InChI is InChI=1S/C19H17ClFN5OS/c1-2-15-23-24-19-26(15)25-16(11-3-7-13(21)8-4-11)17(28-19)18(27)22-14-9-5-12(20)6-10-14/h3-10,16-17,25H,2H2,1H3,(H,22,27)/t16-,17-/m0/s1. The average Bonchev–Trinajstić information content (AvgIpc) is 3.11. The molecule has 6 nitrogen and oxygen atoms in total. The second kappa shape index (κ2) is 7.81. The van der Waals surface area contributed by atoms with Gasteiger partial charge in [-0.05, 0) is 42.0 Å². The van der Waals surface area contributed by atoms with E-state index in [9.17, 15) is 9.18 Å². The fourth-order valence-corrected chi connectivity index (χ4v) is 4.22. The van der Waals surface area contributed by atoms with Gasteiger partial charge in [0.1, 0.15) is 11.1 Å². The molecule has 1 aromatic heterocycles. The average molecular weight is 418 g/mol. The van der Waals surface area contributed by atoms with E-state index in [1.165, 1.54) is 23.9 Å². The van der Waals surface area contributed by atoms with Crippen molar-refractivity contribution < 1.29 is 9.18 Å². The Labute approximate surface area is 170 Å². The predicted octanol–water partition coefficient (Wildman–Crippen LogP) is 4.03. The lowest BCUT2D eigenvalue weighted by Crippen LogP contribution is -2.41. The van der Waals surface area contributed by atoms with E-state index in [0.717, 1.165) is 11.4 Å². The quantitative estimate of drug-likeness (QED) is 0.670. The molecule has 3 aromatic rings. The first-order valence-corrected chi connectivity index (χ1v) is 10.0. The number of nitrogens with one attached hydrogen (secondary N) is 2. The number of nitrogens with zero attached hydrogens (tertiary/aromatic N) is 3.